The topological polar surface area (TPSA) is 84.2 Å². The zero-order valence-corrected chi connectivity index (χ0v) is 24.2. The van der Waals surface area contributed by atoms with Gasteiger partial charge < -0.3 is 14.8 Å². The summed E-state index contributed by atoms with van der Waals surface area (Å²) in [6.07, 6.45) is 0.256. The minimum Gasteiger partial charge on any atom is -0.497 e. The maximum absolute atomic E-state index is 12.7. The van der Waals surface area contributed by atoms with Gasteiger partial charge in [-0.25, -0.2) is 4.98 Å². The van der Waals surface area contributed by atoms with E-state index < -0.39 is 0 Å². The largest absolute Gasteiger partial charge is 0.497 e. The van der Waals surface area contributed by atoms with Gasteiger partial charge >= 0.3 is 0 Å². The molecule has 1 amide bonds. The summed E-state index contributed by atoms with van der Waals surface area (Å²) in [4.78, 5) is 17.6. The number of hydrogen-bond acceptors (Lipinski definition) is 6. The second-order valence-electron chi connectivity index (χ2n) is 9.53. The number of ether oxygens (including phenoxy) is 2. The van der Waals surface area contributed by atoms with Gasteiger partial charge in [0.05, 0.1) is 18.4 Å². The number of thioether (sulfide) groups is 1. The van der Waals surface area contributed by atoms with Crippen molar-refractivity contribution in [2.45, 2.75) is 18.4 Å². The zero-order valence-electron chi connectivity index (χ0n) is 23.3. The number of pyridine rings is 1. The van der Waals surface area contributed by atoms with Crippen molar-refractivity contribution in [2.24, 2.45) is 0 Å². The third-order valence-corrected chi connectivity index (χ3v) is 7.51. The molecule has 0 radical (unpaired) electrons. The highest BCUT2D eigenvalue weighted by Gasteiger charge is 2.17. The molecule has 0 aliphatic heterocycles. The minimum atomic E-state index is -0.122. The Morgan fingerprint density at radius 3 is 2.17 bits per heavy atom. The fourth-order valence-corrected chi connectivity index (χ4v) is 5.24. The quantitative estimate of drug-likeness (QED) is 0.169. The van der Waals surface area contributed by atoms with Crippen LogP contribution in [0.5, 0.6) is 17.2 Å². The lowest BCUT2D eigenvalue weighted by Gasteiger charge is -2.13. The smallest absolute Gasteiger partial charge is 0.225 e. The SMILES string of the molecule is COc1ccc(-c2cc(-c3ccc(C)cc3)c(C#N)c(SCCC(=O)Nc3ccc(Oc4ccccc4)cc3)n2)cc1. The molecule has 0 fully saturated rings. The summed E-state index contributed by atoms with van der Waals surface area (Å²) in [5, 5.41) is 13.7. The van der Waals surface area contributed by atoms with Crippen LogP contribution in [0.15, 0.2) is 114 Å². The molecule has 0 atom stereocenters. The number of nitrogens with one attached hydrogen (secondary N) is 1. The standard InChI is InChI=1S/C35H29N3O3S/c1-24-8-10-25(11-9-24)31-22-33(26-12-16-28(40-2)17-13-26)38-35(32(31)23-36)42-21-20-34(39)37-27-14-18-30(19-15-27)41-29-6-4-3-5-7-29/h3-19,22H,20-21H2,1-2H3,(H,37,39). The number of carbonyl (C=O) groups excluding carboxylic acids is 1. The van der Waals surface area contributed by atoms with Gasteiger partial charge in [-0.05, 0) is 79.2 Å². The van der Waals surface area contributed by atoms with E-state index >= 15 is 0 Å². The van der Waals surface area contributed by atoms with E-state index in [0.717, 1.165) is 39.4 Å². The van der Waals surface area contributed by atoms with Crippen molar-refractivity contribution in [2.75, 3.05) is 18.2 Å². The van der Waals surface area contributed by atoms with Crippen LogP contribution in [0.3, 0.4) is 0 Å². The Balaban J connectivity index is 1.30. The van der Waals surface area contributed by atoms with Crippen molar-refractivity contribution in [3.05, 3.63) is 120 Å². The molecule has 1 heterocycles. The van der Waals surface area contributed by atoms with E-state index in [1.165, 1.54) is 11.8 Å². The lowest BCUT2D eigenvalue weighted by molar-refractivity contribution is -0.115. The second-order valence-corrected chi connectivity index (χ2v) is 10.6. The first-order valence-electron chi connectivity index (χ1n) is 13.4. The molecule has 7 heteroatoms. The Morgan fingerprint density at radius 2 is 1.50 bits per heavy atom. The highest BCUT2D eigenvalue weighted by Crippen LogP contribution is 2.35. The molecule has 0 saturated carbocycles. The molecule has 208 valence electrons. The molecule has 0 saturated heterocycles. The summed E-state index contributed by atoms with van der Waals surface area (Å²) in [5.74, 6) is 2.53. The van der Waals surface area contributed by atoms with Crippen molar-refractivity contribution < 1.29 is 14.3 Å². The summed E-state index contributed by atoms with van der Waals surface area (Å²) in [6.45, 7) is 2.03. The van der Waals surface area contributed by atoms with E-state index in [2.05, 4.69) is 11.4 Å². The number of methoxy groups -OCH3 is 1. The Bertz CT molecular complexity index is 1700. The van der Waals surface area contributed by atoms with Gasteiger partial charge in [0.1, 0.15) is 28.3 Å². The molecule has 0 unspecified atom stereocenters. The van der Waals surface area contributed by atoms with Crippen LogP contribution in [0.25, 0.3) is 22.4 Å². The normalized spacial score (nSPS) is 10.5. The third-order valence-electron chi connectivity index (χ3n) is 6.53. The molecule has 1 N–H and O–H groups in total. The summed E-state index contributed by atoms with van der Waals surface area (Å²) >= 11 is 1.40. The first-order chi connectivity index (χ1) is 20.5. The van der Waals surface area contributed by atoms with Crippen molar-refractivity contribution in [3.8, 4) is 45.7 Å². The average molecular weight is 572 g/mol. The maximum Gasteiger partial charge on any atom is 0.225 e. The van der Waals surface area contributed by atoms with Crippen LogP contribution in [0, 0.1) is 18.3 Å². The van der Waals surface area contributed by atoms with E-state index in [1.54, 1.807) is 7.11 Å². The number of carbonyl (C=O) groups is 1. The Labute approximate surface area is 250 Å². The van der Waals surface area contributed by atoms with Gasteiger partial charge in [-0.15, -0.1) is 11.8 Å². The highest BCUT2D eigenvalue weighted by molar-refractivity contribution is 7.99. The summed E-state index contributed by atoms with van der Waals surface area (Å²) < 4.78 is 11.1. The molecular weight excluding hydrogens is 542 g/mol. The van der Waals surface area contributed by atoms with E-state index in [-0.39, 0.29) is 12.3 Å². The average Bonchev–Trinajstić information content (AvgIpc) is 3.02. The molecule has 5 rings (SSSR count). The number of para-hydroxylation sites is 1. The van der Waals surface area contributed by atoms with Gasteiger partial charge in [0.2, 0.25) is 5.91 Å². The maximum atomic E-state index is 12.7. The predicted molar refractivity (Wildman–Crippen MR) is 168 cm³/mol. The van der Waals surface area contributed by atoms with Crippen LogP contribution in [0.4, 0.5) is 5.69 Å². The van der Waals surface area contributed by atoms with Crippen LogP contribution in [0.2, 0.25) is 0 Å². The van der Waals surface area contributed by atoms with Gasteiger partial charge in [0.15, 0.2) is 0 Å². The number of nitrogens with zero attached hydrogens (tertiary/aromatic N) is 2. The molecule has 5 aromatic rings. The zero-order chi connectivity index (χ0) is 29.3. The molecule has 42 heavy (non-hydrogen) atoms. The molecule has 1 aromatic heterocycles. The van der Waals surface area contributed by atoms with Crippen molar-refractivity contribution in [3.63, 3.8) is 0 Å². The number of nitriles is 1. The molecule has 0 aliphatic carbocycles. The number of aromatic nitrogens is 1. The van der Waals surface area contributed by atoms with Gasteiger partial charge in [0.25, 0.3) is 0 Å². The number of rotatable bonds is 10. The van der Waals surface area contributed by atoms with Gasteiger partial charge in [-0.3, -0.25) is 4.79 Å². The summed E-state index contributed by atoms with van der Waals surface area (Å²) in [7, 11) is 1.63. The molecule has 4 aromatic carbocycles. The van der Waals surface area contributed by atoms with E-state index in [9.17, 15) is 10.1 Å². The fraction of sp³-hybridized carbons (Fsp3) is 0.114. The lowest BCUT2D eigenvalue weighted by atomic mass is 9.98. The summed E-state index contributed by atoms with van der Waals surface area (Å²) in [6, 6.07) is 36.9. The van der Waals surface area contributed by atoms with E-state index in [1.807, 2.05) is 116 Å². The van der Waals surface area contributed by atoms with Crippen LogP contribution >= 0.6 is 11.8 Å². The second kappa shape index (κ2) is 13.5. The number of amides is 1. The van der Waals surface area contributed by atoms with Crippen LogP contribution in [0.1, 0.15) is 17.5 Å². The van der Waals surface area contributed by atoms with E-state index in [0.29, 0.717) is 27.8 Å². The lowest BCUT2D eigenvalue weighted by Crippen LogP contribution is -2.12. The molecule has 0 aliphatic rings. The molecule has 6 nitrogen and oxygen atoms in total. The predicted octanol–water partition coefficient (Wildman–Crippen LogP) is 8.52. The van der Waals surface area contributed by atoms with Gasteiger partial charge in [-0.2, -0.15) is 5.26 Å². The Hall–Kier alpha value is -5.06. The highest BCUT2D eigenvalue weighted by atomic mass is 32.2. The first kappa shape index (κ1) is 28.5. The number of benzene rings is 4. The van der Waals surface area contributed by atoms with Crippen LogP contribution in [-0.2, 0) is 4.79 Å². The monoisotopic (exact) mass is 571 g/mol. The molecule has 0 spiro atoms. The van der Waals surface area contributed by atoms with Gasteiger partial charge in [0, 0.05) is 29.0 Å². The Kier molecular flexibility index (Phi) is 9.17. The minimum absolute atomic E-state index is 0.122. The number of anilines is 1. The van der Waals surface area contributed by atoms with Crippen molar-refractivity contribution in [1.29, 1.82) is 5.26 Å². The first-order valence-corrected chi connectivity index (χ1v) is 14.4. The van der Waals surface area contributed by atoms with Crippen LogP contribution in [-0.4, -0.2) is 23.8 Å². The van der Waals surface area contributed by atoms with Gasteiger partial charge in [-0.1, -0.05) is 48.0 Å². The Morgan fingerprint density at radius 1 is 0.857 bits per heavy atom. The van der Waals surface area contributed by atoms with E-state index in [4.69, 9.17) is 14.5 Å². The molecule has 0 bridgehead atoms. The number of aryl methyl sites for hydroxylation is 1. The van der Waals surface area contributed by atoms with Crippen LogP contribution < -0.4 is 14.8 Å². The van der Waals surface area contributed by atoms with Crippen molar-refractivity contribution in [1.82, 2.24) is 4.98 Å². The number of hydrogen-bond donors (Lipinski definition) is 1. The van der Waals surface area contributed by atoms with Crippen molar-refractivity contribution >= 4 is 23.4 Å². The molecular formula is C35H29N3O3S. The fourth-order valence-electron chi connectivity index (χ4n) is 4.30. The summed E-state index contributed by atoms with van der Waals surface area (Å²) in [5.41, 5.74) is 5.72. The third kappa shape index (κ3) is 7.17.